The van der Waals surface area contributed by atoms with Crippen LogP contribution in [0.2, 0.25) is 0 Å². The summed E-state index contributed by atoms with van der Waals surface area (Å²) in [5, 5.41) is 2.84. The molecular formula is C12H23Cl2N3OS. The van der Waals surface area contributed by atoms with E-state index in [0.29, 0.717) is 11.4 Å². The van der Waals surface area contributed by atoms with Crippen LogP contribution in [0.5, 0.6) is 0 Å². The topological polar surface area (TPSA) is 68.0 Å². The standard InChI is InChI=1S/C12H21N3OS.2ClH/c1-11(2,3)9-8(17-7-15-9)10(16)14-6-12(4,5)13;;/h7H,6,13H2,1-5H3,(H,14,16);2*1H. The minimum atomic E-state index is -0.401. The summed E-state index contributed by atoms with van der Waals surface area (Å²) in [6.07, 6.45) is 0. The zero-order valence-corrected chi connectivity index (χ0v) is 14.4. The third-order valence-corrected chi connectivity index (χ3v) is 3.01. The van der Waals surface area contributed by atoms with Crippen LogP contribution in [0.4, 0.5) is 0 Å². The fourth-order valence-electron chi connectivity index (χ4n) is 1.33. The molecule has 19 heavy (non-hydrogen) atoms. The van der Waals surface area contributed by atoms with E-state index in [1.807, 2.05) is 34.6 Å². The van der Waals surface area contributed by atoms with Crippen LogP contribution < -0.4 is 11.1 Å². The number of thiazole rings is 1. The van der Waals surface area contributed by atoms with Gasteiger partial charge in [-0.15, -0.1) is 36.2 Å². The van der Waals surface area contributed by atoms with Crippen LogP contribution in [0.3, 0.4) is 0 Å². The van der Waals surface area contributed by atoms with E-state index in [1.165, 1.54) is 11.3 Å². The van der Waals surface area contributed by atoms with Crippen LogP contribution in [-0.2, 0) is 5.41 Å². The van der Waals surface area contributed by atoms with Gasteiger partial charge in [0.15, 0.2) is 0 Å². The minimum Gasteiger partial charge on any atom is -0.349 e. The van der Waals surface area contributed by atoms with Crippen LogP contribution >= 0.6 is 36.2 Å². The molecule has 0 saturated carbocycles. The molecule has 0 spiro atoms. The molecule has 0 saturated heterocycles. The maximum atomic E-state index is 12.0. The van der Waals surface area contributed by atoms with Gasteiger partial charge < -0.3 is 11.1 Å². The highest BCUT2D eigenvalue weighted by molar-refractivity contribution is 7.11. The first kappa shape index (κ1) is 20.9. The summed E-state index contributed by atoms with van der Waals surface area (Å²) in [6, 6.07) is 0. The van der Waals surface area contributed by atoms with Gasteiger partial charge in [0.2, 0.25) is 0 Å². The molecule has 1 amide bonds. The fraction of sp³-hybridized carbons (Fsp3) is 0.667. The van der Waals surface area contributed by atoms with E-state index in [1.54, 1.807) is 5.51 Å². The summed E-state index contributed by atoms with van der Waals surface area (Å²) in [6.45, 7) is 10.4. The molecule has 112 valence electrons. The Kier molecular flexibility index (Phi) is 8.19. The van der Waals surface area contributed by atoms with Crippen LogP contribution in [0, 0.1) is 0 Å². The quantitative estimate of drug-likeness (QED) is 0.896. The van der Waals surface area contributed by atoms with Crippen molar-refractivity contribution in [1.82, 2.24) is 10.3 Å². The Morgan fingerprint density at radius 3 is 2.26 bits per heavy atom. The van der Waals surface area contributed by atoms with Gasteiger partial charge in [-0.25, -0.2) is 4.98 Å². The highest BCUT2D eigenvalue weighted by Gasteiger charge is 2.25. The van der Waals surface area contributed by atoms with Gasteiger partial charge in [0.05, 0.1) is 11.2 Å². The van der Waals surface area contributed by atoms with Crippen molar-refractivity contribution >= 4 is 42.1 Å². The van der Waals surface area contributed by atoms with Crippen LogP contribution in [0.25, 0.3) is 0 Å². The predicted octanol–water partition coefficient (Wildman–Crippen LogP) is 2.75. The van der Waals surface area contributed by atoms with Crippen molar-refractivity contribution in [3.63, 3.8) is 0 Å². The summed E-state index contributed by atoms with van der Waals surface area (Å²) in [5.74, 6) is -0.0871. The number of carbonyl (C=O) groups excluding carboxylic acids is 1. The number of hydrogen-bond acceptors (Lipinski definition) is 4. The number of nitrogens with zero attached hydrogens (tertiary/aromatic N) is 1. The van der Waals surface area contributed by atoms with Gasteiger partial charge in [-0.3, -0.25) is 4.79 Å². The molecule has 0 fully saturated rings. The highest BCUT2D eigenvalue weighted by atomic mass is 35.5. The Labute approximate surface area is 131 Å². The van der Waals surface area contributed by atoms with E-state index >= 15 is 0 Å². The molecule has 3 N–H and O–H groups in total. The molecule has 1 aromatic heterocycles. The van der Waals surface area contributed by atoms with E-state index in [0.717, 1.165) is 5.69 Å². The lowest BCUT2D eigenvalue weighted by molar-refractivity contribution is 0.0947. The van der Waals surface area contributed by atoms with Gasteiger partial charge >= 0.3 is 0 Å². The largest absolute Gasteiger partial charge is 0.349 e. The van der Waals surface area contributed by atoms with Gasteiger partial charge in [-0.2, -0.15) is 0 Å². The molecule has 1 heterocycles. The molecular weight excluding hydrogens is 305 g/mol. The number of nitrogens with two attached hydrogens (primary N) is 1. The monoisotopic (exact) mass is 327 g/mol. The maximum Gasteiger partial charge on any atom is 0.263 e. The van der Waals surface area contributed by atoms with E-state index < -0.39 is 5.54 Å². The summed E-state index contributed by atoms with van der Waals surface area (Å²) < 4.78 is 0. The SMILES string of the molecule is CC(C)(N)CNC(=O)c1scnc1C(C)(C)C.Cl.Cl. The lowest BCUT2D eigenvalue weighted by atomic mass is 9.91. The summed E-state index contributed by atoms with van der Waals surface area (Å²) in [5.41, 5.74) is 7.87. The van der Waals surface area contributed by atoms with E-state index in [-0.39, 0.29) is 36.1 Å². The Balaban J connectivity index is 0. The zero-order valence-electron chi connectivity index (χ0n) is 11.9. The van der Waals surface area contributed by atoms with Gasteiger partial charge in [0, 0.05) is 17.5 Å². The van der Waals surface area contributed by atoms with Crippen LogP contribution in [-0.4, -0.2) is 23.0 Å². The number of nitrogens with one attached hydrogen (secondary N) is 1. The summed E-state index contributed by atoms with van der Waals surface area (Å²) in [4.78, 5) is 17.0. The molecule has 1 aromatic rings. The van der Waals surface area contributed by atoms with Gasteiger partial charge in [-0.05, 0) is 13.8 Å². The van der Waals surface area contributed by atoms with E-state index in [2.05, 4.69) is 10.3 Å². The Morgan fingerprint density at radius 1 is 1.32 bits per heavy atom. The lowest BCUT2D eigenvalue weighted by Crippen LogP contribution is -2.45. The number of hydrogen-bond donors (Lipinski definition) is 2. The Morgan fingerprint density at radius 2 is 1.84 bits per heavy atom. The molecule has 0 bridgehead atoms. The van der Waals surface area contributed by atoms with Gasteiger partial charge in [-0.1, -0.05) is 20.8 Å². The first-order chi connectivity index (χ1) is 7.61. The third-order valence-electron chi connectivity index (χ3n) is 2.19. The Bertz CT molecular complexity index is 408. The molecule has 1 rings (SSSR count). The molecule has 0 aliphatic heterocycles. The molecule has 7 heteroatoms. The third kappa shape index (κ3) is 6.56. The number of aromatic nitrogens is 1. The number of halogens is 2. The lowest BCUT2D eigenvalue weighted by Gasteiger charge is -2.20. The van der Waals surface area contributed by atoms with E-state index in [4.69, 9.17) is 5.73 Å². The number of rotatable bonds is 3. The fourth-order valence-corrected chi connectivity index (χ4v) is 2.24. The van der Waals surface area contributed by atoms with E-state index in [9.17, 15) is 4.79 Å². The second-order valence-electron chi connectivity index (χ2n) is 5.95. The molecule has 4 nitrogen and oxygen atoms in total. The smallest absolute Gasteiger partial charge is 0.263 e. The van der Waals surface area contributed by atoms with Crippen molar-refractivity contribution in [2.24, 2.45) is 5.73 Å². The van der Waals surface area contributed by atoms with Crippen LogP contribution in [0.15, 0.2) is 5.51 Å². The second kappa shape index (κ2) is 7.43. The summed E-state index contributed by atoms with van der Waals surface area (Å²) >= 11 is 1.37. The van der Waals surface area contributed by atoms with Crippen molar-refractivity contribution in [2.45, 2.75) is 45.6 Å². The minimum absolute atomic E-state index is 0. The molecule has 0 aliphatic rings. The zero-order chi connectivity index (χ0) is 13.3. The normalized spacial score (nSPS) is 11.3. The number of carbonyl (C=O) groups is 1. The van der Waals surface area contributed by atoms with Crippen molar-refractivity contribution in [3.8, 4) is 0 Å². The highest BCUT2D eigenvalue weighted by Crippen LogP contribution is 2.26. The van der Waals surface area contributed by atoms with Gasteiger partial charge in [0.1, 0.15) is 4.88 Å². The average Bonchev–Trinajstić information content (AvgIpc) is 2.60. The first-order valence-corrected chi connectivity index (χ1v) is 6.50. The second-order valence-corrected chi connectivity index (χ2v) is 6.81. The average molecular weight is 328 g/mol. The molecule has 0 aliphatic carbocycles. The van der Waals surface area contributed by atoms with Crippen LogP contribution in [0.1, 0.15) is 50.0 Å². The molecule has 0 atom stereocenters. The Hall–Kier alpha value is -0.360. The summed E-state index contributed by atoms with van der Waals surface area (Å²) in [7, 11) is 0. The van der Waals surface area contributed by atoms with Crippen molar-refractivity contribution < 1.29 is 4.79 Å². The van der Waals surface area contributed by atoms with Crippen molar-refractivity contribution in [3.05, 3.63) is 16.1 Å². The number of amides is 1. The van der Waals surface area contributed by atoms with Crippen molar-refractivity contribution in [1.29, 1.82) is 0 Å². The molecule has 0 unspecified atom stereocenters. The molecule has 0 aromatic carbocycles. The van der Waals surface area contributed by atoms with Gasteiger partial charge in [0.25, 0.3) is 5.91 Å². The molecule has 0 radical (unpaired) electrons. The first-order valence-electron chi connectivity index (χ1n) is 5.62. The maximum absolute atomic E-state index is 12.0. The predicted molar refractivity (Wildman–Crippen MR) is 85.9 cm³/mol. The van der Waals surface area contributed by atoms with Crippen molar-refractivity contribution in [2.75, 3.05) is 6.54 Å².